The Hall–Kier alpha value is -0.870. The fraction of sp³-hybridized carbons (Fsp3) is 0.250. The van der Waals surface area contributed by atoms with Crippen molar-refractivity contribution in [3.8, 4) is 5.88 Å². The van der Waals surface area contributed by atoms with Crippen LogP contribution in [0, 0.1) is 6.92 Å². The summed E-state index contributed by atoms with van der Waals surface area (Å²) in [6, 6.07) is 6.19. The highest BCUT2D eigenvalue weighted by atomic mass is 79.9. The van der Waals surface area contributed by atoms with Crippen molar-refractivity contribution in [2.24, 2.45) is 0 Å². The molecule has 0 fully saturated rings. The summed E-state index contributed by atoms with van der Waals surface area (Å²) in [5, 5.41) is 2.08. The van der Waals surface area contributed by atoms with Crippen molar-refractivity contribution in [1.29, 1.82) is 0 Å². The second kappa shape index (κ2) is 5.46. The topological polar surface area (TPSA) is 22.1 Å². The number of thiophene rings is 1. The second-order valence-corrected chi connectivity index (χ2v) is 5.40. The third-order valence-corrected chi connectivity index (χ3v) is 3.53. The molecule has 2 aromatic heterocycles. The molecule has 0 unspecified atom stereocenters. The average molecular weight is 298 g/mol. The van der Waals surface area contributed by atoms with Crippen LogP contribution >= 0.6 is 27.3 Å². The lowest BCUT2D eigenvalue weighted by Gasteiger charge is -2.07. The molecule has 0 aliphatic rings. The SMILES string of the molecule is Cc1cc(Br)cnc1OCCc1cccs1. The van der Waals surface area contributed by atoms with E-state index in [4.69, 9.17) is 4.74 Å². The molecule has 0 aliphatic carbocycles. The highest BCUT2D eigenvalue weighted by Crippen LogP contribution is 2.19. The van der Waals surface area contributed by atoms with E-state index in [0.717, 1.165) is 22.3 Å². The zero-order valence-corrected chi connectivity index (χ0v) is 11.3. The summed E-state index contributed by atoms with van der Waals surface area (Å²) < 4.78 is 6.62. The molecule has 84 valence electrons. The number of aromatic nitrogens is 1. The van der Waals surface area contributed by atoms with Gasteiger partial charge in [-0.1, -0.05) is 6.07 Å². The molecule has 0 saturated heterocycles. The van der Waals surface area contributed by atoms with Gasteiger partial charge in [-0.15, -0.1) is 11.3 Å². The minimum absolute atomic E-state index is 0.677. The number of ether oxygens (including phenoxy) is 1. The molecule has 0 aromatic carbocycles. The van der Waals surface area contributed by atoms with E-state index in [-0.39, 0.29) is 0 Å². The number of halogens is 1. The van der Waals surface area contributed by atoms with Crippen molar-refractivity contribution in [2.45, 2.75) is 13.3 Å². The standard InChI is InChI=1S/C12H12BrNOS/c1-9-7-10(13)8-14-12(9)15-5-4-11-3-2-6-16-11/h2-3,6-8H,4-5H2,1H3. The van der Waals surface area contributed by atoms with E-state index >= 15 is 0 Å². The molecule has 4 heteroatoms. The van der Waals surface area contributed by atoms with Gasteiger partial charge in [-0.05, 0) is 40.4 Å². The minimum Gasteiger partial charge on any atom is -0.477 e. The Kier molecular flexibility index (Phi) is 3.96. The van der Waals surface area contributed by atoms with Gasteiger partial charge in [-0.25, -0.2) is 4.98 Å². The first kappa shape index (κ1) is 11.6. The number of aryl methyl sites for hydroxylation is 1. The van der Waals surface area contributed by atoms with Gasteiger partial charge in [0.25, 0.3) is 0 Å². The second-order valence-electron chi connectivity index (χ2n) is 3.45. The van der Waals surface area contributed by atoms with E-state index in [0.29, 0.717) is 6.61 Å². The van der Waals surface area contributed by atoms with Gasteiger partial charge in [0.2, 0.25) is 5.88 Å². The minimum atomic E-state index is 0.677. The Morgan fingerprint density at radius 3 is 3.06 bits per heavy atom. The highest BCUT2D eigenvalue weighted by Gasteiger charge is 2.02. The number of hydrogen-bond acceptors (Lipinski definition) is 3. The molecule has 2 aromatic rings. The van der Waals surface area contributed by atoms with E-state index < -0.39 is 0 Å². The summed E-state index contributed by atoms with van der Waals surface area (Å²) in [7, 11) is 0. The quantitative estimate of drug-likeness (QED) is 0.855. The summed E-state index contributed by atoms with van der Waals surface area (Å²) in [4.78, 5) is 5.57. The maximum atomic E-state index is 5.64. The van der Waals surface area contributed by atoms with Crippen molar-refractivity contribution < 1.29 is 4.74 Å². The largest absolute Gasteiger partial charge is 0.477 e. The van der Waals surface area contributed by atoms with Crippen LogP contribution < -0.4 is 4.74 Å². The fourth-order valence-corrected chi connectivity index (χ4v) is 2.52. The lowest BCUT2D eigenvalue weighted by Crippen LogP contribution is -2.02. The zero-order chi connectivity index (χ0) is 11.4. The first-order valence-electron chi connectivity index (χ1n) is 5.03. The third kappa shape index (κ3) is 3.06. The number of pyridine rings is 1. The Labute approximate surface area is 107 Å². The van der Waals surface area contributed by atoms with Gasteiger partial charge in [-0.2, -0.15) is 0 Å². The number of hydrogen-bond donors (Lipinski definition) is 0. The Bertz CT molecular complexity index is 456. The van der Waals surface area contributed by atoms with Gasteiger partial charge in [0, 0.05) is 27.5 Å². The number of nitrogens with zero attached hydrogens (tertiary/aromatic N) is 1. The summed E-state index contributed by atoms with van der Waals surface area (Å²) in [5.41, 5.74) is 1.06. The molecular weight excluding hydrogens is 286 g/mol. The van der Waals surface area contributed by atoms with Crippen LogP contribution in [0.1, 0.15) is 10.4 Å². The molecule has 2 rings (SSSR count). The van der Waals surface area contributed by atoms with Crippen LogP contribution in [0.5, 0.6) is 5.88 Å². The normalized spacial score (nSPS) is 10.4. The maximum Gasteiger partial charge on any atom is 0.216 e. The Morgan fingerprint density at radius 1 is 1.50 bits per heavy atom. The van der Waals surface area contributed by atoms with Crippen molar-refractivity contribution >= 4 is 27.3 Å². The maximum absolute atomic E-state index is 5.64. The lowest BCUT2D eigenvalue weighted by molar-refractivity contribution is 0.308. The molecule has 2 nitrogen and oxygen atoms in total. The monoisotopic (exact) mass is 297 g/mol. The van der Waals surface area contributed by atoms with Gasteiger partial charge in [0.1, 0.15) is 0 Å². The summed E-state index contributed by atoms with van der Waals surface area (Å²) in [6.07, 6.45) is 2.70. The first-order chi connectivity index (χ1) is 7.75. The average Bonchev–Trinajstić information content (AvgIpc) is 2.74. The summed E-state index contributed by atoms with van der Waals surface area (Å²) >= 11 is 5.14. The van der Waals surface area contributed by atoms with Crippen molar-refractivity contribution in [3.63, 3.8) is 0 Å². The molecule has 0 spiro atoms. The molecule has 0 bridgehead atoms. The van der Waals surface area contributed by atoms with E-state index in [2.05, 4.69) is 38.4 Å². The molecule has 0 atom stereocenters. The van der Waals surface area contributed by atoms with E-state index in [1.807, 2.05) is 13.0 Å². The first-order valence-corrected chi connectivity index (χ1v) is 6.70. The van der Waals surface area contributed by atoms with Crippen LogP contribution in [0.4, 0.5) is 0 Å². The molecular formula is C12H12BrNOS. The fourth-order valence-electron chi connectivity index (χ4n) is 1.38. The van der Waals surface area contributed by atoms with E-state index in [9.17, 15) is 0 Å². The Morgan fingerprint density at radius 2 is 2.38 bits per heavy atom. The van der Waals surface area contributed by atoms with Gasteiger partial charge >= 0.3 is 0 Å². The van der Waals surface area contributed by atoms with E-state index in [1.54, 1.807) is 17.5 Å². The van der Waals surface area contributed by atoms with Crippen LogP contribution in [0.2, 0.25) is 0 Å². The molecule has 0 saturated carbocycles. The predicted molar refractivity (Wildman–Crippen MR) is 70.2 cm³/mol. The highest BCUT2D eigenvalue weighted by molar-refractivity contribution is 9.10. The van der Waals surface area contributed by atoms with Crippen LogP contribution in [0.3, 0.4) is 0 Å². The summed E-state index contributed by atoms with van der Waals surface area (Å²) in [5.74, 6) is 0.722. The van der Waals surface area contributed by atoms with Crippen molar-refractivity contribution in [1.82, 2.24) is 4.98 Å². The summed E-state index contributed by atoms with van der Waals surface area (Å²) in [6.45, 7) is 2.67. The molecule has 0 aliphatic heterocycles. The van der Waals surface area contributed by atoms with Crippen molar-refractivity contribution in [2.75, 3.05) is 6.61 Å². The third-order valence-electron chi connectivity index (χ3n) is 2.16. The van der Waals surface area contributed by atoms with E-state index in [1.165, 1.54) is 4.88 Å². The van der Waals surface area contributed by atoms with Crippen LogP contribution in [-0.4, -0.2) is 11.6 Å². The zero-order valence-electron chi connectivity index (χ0n) is 8.94. The van der Waals surface area contributed by atoms with Gasteiger partial charge < -0.3 is 4.74 Å². The molecule has 0 radical (unpaired) electrons. The van der Waals surface area contributed by atoms with Gasteiger partial charge in [-0.3, -0.25) is 0 Å². The molecule has 2 heterocycles. The molecule has 0 N–H and O–H groups in total. The predicted octanol–water partition coefficient (Wildman–Crippen LogP) is 3.84. The van der Waals surface area contributed by atoms with Crippen LogP contribution in [-0.2, 0) is 6.42 Å². The number of rotatable bonds is 4. The Balaban J connectivity index is 1.90. The molecule has 16 heavy (non-hydrogen) atoms. The van der Waals surface area contributed by atoms with Gasteiger partial charge in [0.15, 0.2) is 0 Å². The van der Waals surface area contributed by atoms with Crippen molar-refractivity contribution in [3.05, 3.63) is 44.7 Å². The smallest absolute Gasteiger partial charge is 0.216 e. The van der Waals surface area contributed by atoms with Crippen LogP contribution in [0.25, 0.3) is 0 Å². The van der Waals surface area contributed by atoms with Gasteiger partial charge in [0.05, 0.1) is 6.61 Å². The lowest BCUT2D eigenvalue weighted by atomic mass is 10.3. The molecule has 0 amide bonds. The van der Waals surface area contributed by atoms with Crippen LogP contribution in [0.15, 0.2) is 34.2 Å².